The number of anilines is 3. The zero-order valence-corrected chi connectivity index (χ0v) is 32.0. The van der Waals surface area contributed by atoms with Crippen molar-refractivity contribution in [1.29, 1.82) is 0 Å². The minimum Gasteiger partial charge on any atom is -0.310 e. The number of thiophene rings is 1. The maximum absolute atomic E-state index is 2.46. The Morgan fingerprint density at radius 1 is 0.382 bits per heavy atom. The molecule has 0 fully saturated rings. The van der Waals surface area contributed by atoms with E-state index in [0.717, 1.165) is 17.1 Å². The molecule has 2 aliphatic rings. The SMILES string of the molecule is CC1(C)c2ccccc2-c2ccc(N(c3cccc(-c4ccccc4)c3)c3ccc4c(c3)sc3c(C5(C)c6ccccc6-c6ccccc65)cccc34)cc21. The summed E-state index contributed by atoms with van der Waals surface area (Å²) < 4.78 is 2.65. The van der Waals surface area contributed by atoms with Crippen molar-refractivity contribution in [3.63, 3.8) is 0 Å². The van der Waals surface area contributed by atoms with Gasteiger partial charge in [0.25, 0.3) is 0 Å². The highest BCUT2D eigenvalue weighted by Crippen LogP contribution is 2.55. The molecule has 0 saturated heterocycles. The molecule has 0 unspecified atom stereocenters. The van der Waals surface area contributed by atoms with E-state index in [1.165, 1.54) is 81.4 Å². The molecule has 0 amide bonds. The van der Waals surface area contributed by atoms with Gasteiger partial charge in [-0.3, -0.25) is 0 Å². The summed E-state index contributed by atoms with van der Waals surface area (Å²) in [4.78, 5) is 2.46. The van der Waals surface area contributed by atoms with Crippen molar-refractivity contribution < 1.29 is 0 Å². The van der Waals surface area contributed by atoms with Gasteiger partial charge in [0, 0.05) is 48.1 Å². The van der Waals surface area contributed by atoms with Crippen LogP contribution in [0, 0.1) is 0 Å². The molecule has 262 valence electrons. The van der Waals surface area contributed by atoms with E-state index in [1.54, 1.807) is 0 Å². The molecule has 0 saturated carbocycles. The predicted octanol–water partition coefficient (Wildman–Crippen LogP) is 14.8. The lowest BCUT2D eigenvalue weighted by atomic mass is 9.74. The van der Waals surface area contributed by atoms with E-state index in [9.17, 15) is 0 Å². The maximum atomic E-state index is 2.46. The largest absolute Gasteiger partial charge is 0.310 e. The van der Waals surface area contributed by atoms with Crippen LogP contribution in [0.1, 0.15) is 48.6 Å². The second-order valence-electron chi connectivity index (χ2n) is 15.8. The van der Waals surface area contributed by atoms with Crippen LogP contribution in [0.15, 0.2) is 182 Å². The number of benzene rings is 8. The zero-order valence-electron chi connectivity index (χ0n) is 31.2. The van der Waals surface area contributed by atoms with Gasteiger partial charge in [-0.25, -0.2) is 0 Å². The molecule has 1 aromatic heterocycles. The third kappa shape index (κ3) is 4.65. The summed E-state index contributed by atoms with van der Waals surface area (Å²) in [5.41, 5.74) is 17.8. The highest BCUT2D eigenvalue weighted by Gasteiger charge is 2.42. The Hall–Kier alpha value is -6.22. The van der Waals surface area contributed by atoms with Crippen LogP contribution in [-0.4, -0.2) is 0 Å². The van der Waals surface area contributed by atoms with Crippen LogP contribution in [0.3, 0.4) is 0 Å². The Morgan fingerprint density at radius 2 is 0.927 bits per heavy atom. The molecule has 0 radical (unpaired) electrons. The van der Waals surface area contributed by atoms with E-state index in [2.05, 4.69) is 208 Å². The lowest BCUT2D eigenvalue weighted by molar-refractivity contribution is 0.660. The summed E-state index contributed by atoms with van der Waals surface area (Å²) in [5.74, 6) is 0. The van der Waals surface area contributed by atoms with Crippen LogP contribution < -0.4 is 4.90 Å². The minimum absolute atomic E-state index is 0.0983. The smallest absolute Gasteiger partial charge is 0.0476 e. The Labute approximate surface area is 326 Å². The molecule has 0 N–H and O–H groups in total. The van der Waals surface area contributed by atoms with Gasteiger partial charge in [0.1, 0.15) is 0 Å². The summed E-state index contributed by atoms with van der Waals surface area (Å²) in [6, 6.07) is 67.7. The first-order valence-electron chi connectivity index (χ1n) is 19.3. The molecule has 1 nitrogen and oxygen atoms in total. The van der Waals surface area contributed by atoms with Gasteiger partial charge in [0.2, 0.25) is 0 Å². The third-order valence-corrected chi connectivity index (χ3v) is 13.7. The van der Waals surface area contributed by atoms with Crippen LogP contribution in [-0.2, 0) is 10.8 Å². The molecule has 0 spiro atoms. The lowest BCUT2D eigenvalue weighted by Gasteiger charge is -2.28. The fourth-order valence-corrected chi connectivity index (χ4v) is 11.2. The average Bonchev–Trinajstić information content (AvgIpc) is 3.82. The average molecular weight is 722 g/mol. The van der Waals surface area contributed by atoms with Crippen molar-refractivity contribution >= 4 is 48.6 Å². The van der Waals surface area contributed by atoms with Crippen LogP contribution in [0.2, 0.25) is 0 Å². The Bertz CT molecular complexity index is 2940. The van der Waals surface area contributed by atoms with E-state index < -0.39 is 0 Å². The normalized spacial score (nSPS) is 14.4. The molecule has 55 heavy (non-hydrogen) atoms. The molecule has 0 atom stereocenters. The van der Waals surface area contributed by atoms with Crippen molar-refractivity contribution in [2.24, 2.45) is 0 Å². The summed E-state index contributed by atoms with van der Waals surface area (Å²) in [6.45, 7) is 7.16. The van der Waals surface area contributed by atoms with Crippen LogP contribution >= 0.6 is 11.3 Å². The van der Waals surface area contributed by atoms with Gasteiger partial charge in [0.05, 0.1) is 0 Å². The summed E-state index contributed by atoms with van der Waals surface area (Å²) in [5, 5.41) is 2.62. The first kappa shape index (κ1) is 32.2. The number of hydrogen-bond donors (Lipinski definition) is 0. The maximum Gasteiger partial charge on any atom is 0.0476 e. The fourth-order valence-electron chi connectivity index (χ4n) is 9.80. The molecule has 9 aromatic rings. The molecule has 2 aliphatic carbocycles. The van der Waals surface area contributed by atoms with Gasteiger partial charge in [-0.2, -0.15) is 0 Å². The summed E-state index contributed by atoms with van der Waals surface area (Å²) in [6.07, 6.45) is 0. The topological polar surface area (TPSA) is 3.24 Å². The fraction of sp³-hybridized carbons (Fsp3) is 0.0943. The number of rotatable bonds is 5. The van der Waals surface area contributed by atoms with Gasteiger partial charge in [0.15, 0.2) is 0 Å². The highest BCUT2D eigenvalue weighted by molar-refractivity contribution is 7.26. The Morgan fingerprint density at radius 3 is 1.67 bits per heavy atom. The molecular formula is C53H39NS. The van der Waals surface area contributed by atoms with Gasteiger partial charge < -0.3 is 4.90 Å². The molecule has 2 heteroatoms. The van der Waals surface area contributed by atoms with Crippen molar-refractivity contribution in [2.45, 2.75) is 31.6 Å². The van der Waals surface area contributed by atoms with E-state index >= 15 is 0 Å². The second kappa shape index (κ2) is 11.9. The van der Waals surface area contributed by atoms with Gasteiger partial charge in [-0.15, -0.1) is 11.3 Å². The molecular weight excluding hydrogens is 683 g/mol. The van der Waals surface area contributed by atoms with Crippen molar-refractivity contribution in [2.75, 3.05) is 4.90 Å². The standard InChI is InChI=1S/C53H39NS/c1-52(2)45-23-10-7-19-39(45)42-29-27-37(32-49(42)52)54(36-18-13-17-35(31-36)34-15-5-4-6-16-34)38-28-30-43-44-22-14-26-48(51(44)55-50(43)33-38)53(3)46-24-11-8-20-40(46)41-21-9-12-25-47(41)53/h4-33H,1-3H3. The number of hydrogen-bond acceptors (Lipinski definition) is 2. The number of fused-ring (bicyclic) bond motifs is 9. The van der Waals surface area contributed by atoms with Crippen LogP contribution in [0.5, 0.6) is 0 Å². The van der Waals surface area contributed by atoms with E-state index in [0.29, 0.717) is 0 Å². The number of nitrogens with zero attached hydrogens (tertiary/aromatic N) is 1. The highest BCUT2D eigenvalue weighted by atomic mass is 32.1. The monoisotopic (exact) mass is 721 g/mol. The summed E-state index contributed by atoms with van der Waals surface area (Å²) >= 11 is 1.93. The van der Waals surface area contributed by atoms with E-state index in [-0.39, 0.29) is 10.8 Å². The minimum atomic E-state index is -0.255. The predicted molar refractivity (Wildman–Crippen MR) is 234 cm³/mol. The van der Waals surface area contributed by atoms with E-state index in [1.807, 2.05) is 11.3 Å². The zero-order chi connectivity index (χ0) is 36.9. The van der Waals surface area contributed by atoms with Crippen molar-refractivity contribution in [3.05, 3.63) is 210 Å². The third-order valence-electron chi connectivity index (χ3n) is 12.5. The Kier molecular flexibility index (Phi) is 6.97. The Balaban J connectivity index is 1.11. The first-order valence-corrected chi connectivity index (χ1v) is 20.1. The van der Waals surface area contributed by atoms with Crippen LogP contribution in [0.25, 0.3) is 53.6 Å². The van der Waals surface area contributed by atoms with Crippen molar-refractivity contribution in [3.8, 4) is 33.4 Å². The van der Waals surface area contributed by atoms with Gasteiger partial charge in [-0.1, -0.05) is 159 Å². The molecule has 0 bridgehead atoms. The first-order chi connectivity index (χ1) is 26.9. The molecule has 1 heterocycles. The van der Waals surface area contributed by atoms with E-state index in [4.69, 9.17) is 0 Å². The lowest BCUT2D eigenvalue weighted by Crippen LogP contribution is -2.22. The van der Waals surface area contributed by atoms with Gasteiger partial charge in [-0.05, 0) is 105 Å². The summed E-state index contributed by atoms with van der Waals surface area (Å²) in [7, 11) is 0. The van der Waals surface area contributed by atoms with Crippen LogP contribution in [0.4, 0.5) is 17.1 Å². The molecule has 8 aromatic carbocycles. The van der Waals surface area contributed by atoms with Crippen molar-refractivity contribution in [1.82, 2.24) is 0 Å². The molecule has 11 rings (SSSR count). The second-order valence-corrected chi connectivity index (χ2v) is 16.9. The molecule has 0 aliphatic heterocycles. The quantitative estimate of drug-likeness (QED) is 0.171. The van der Waals surface area contributed by atoms with Gasteiger partial charge >= 0.3 is 0 Å².